The Labute approximate surface area is 187 Å². The number of carboxylic acid groups (broad SMARTS) is 1. The van der Waals surface area contributed by atoms with Gasteiger partial charge in [-0.25, -0.2) is 4.79 Å². The monoisotopic (exact) mass is 452 g/mol. The number of rotatable bonds is 8. The molecule has 1 saturated heterocycles. The molecule has 0 aliphatic carbocycles. The van der Waals surface area contributed by atoms with Gasteiger partial charge < -0.3 is 19.5 Å². The number of hydrogen-bond donors (Lipinski definition) is 1. The number of nitrogens with zero attached hydrogens (tertiary/aromatic N) is 2. The van der Waals surface area contributed by atoms with Crippen LogP contribution in [0, 0.1) is 0 Å². The molecule has 2 aliphatic rings. The number of ether oxygens (including phenoxy) is 2. The number of carboxylic acids is 1. The Morgan fingerprint density at radius 2 is 2.10 bits per heavy atom. The zero-order valence-electron chi connectivity index (χ0n) is 17.6. The van der Waals surface area contributed by atoms with Crippen LogP contribution in [-0.2, 0) is 20.8 Å². The van der Waals surface area contributed by atoms with E-state index < -0.39 is 5.97 Å². The van der Waals surface area contributed by atoms with Crippen molar-refractivity contribution in [1.82, 2.24) is 9.80 Å². The van der Waals surface area contributed by atoms with Gasteiger partial charge in [-0.15, -0.1) is 11.8 Å². The summed E-state index contributed by atoms with van der Waals surface area (Å²) < 4.78 is 11.1. The number of carbonyl (C=O) groups is 1. The Hall–Kier alpha value is -1.51. The van der Waals surface area contributed by atoms with Crippen molar-refractivity contribution in [2.75, 3.05) is 39.2 Å². The average Bonchev–Trinajstić information content (AvgIpc) is 2.72. The second kappa shape index (κ2) is 10.7. The highest BCUT2D eigenvalue weighted by Gasteiger charge is 2.37. The summed E-state index contributed by atoms with van der Waals surface area (Å²) in [5, 5.41) is 11.4. The highest BCUT2D eigenvalue weighted by atomic mass is 35.5. The van der Waals surface area contributed by atoms with Crippen molar-refractivity contribution < 1.29 is 19.4 Å². The highest BCUT2D eigenvalue weighted by molar-refractivity contribution is 8.03. The molecule has 1 aromatic carbocycles. The molecule has 0 saturated carbocycles. The standard InChI is InChI=1S/C22H29ClN2O4S/c1-4-30-21-20(22(26)27)15(2)11-19(24-9-10-29-14-18(24)13-28-3)25(21)12-16-5-7-17(23)8-6-16/h5-8,11,18-19H,4,9-10,12-14H2,1-3H3,(H,26,27)/t18-,19?/m0/s1. The molecule has 3 rings (SSSR count). The minimum Gasteiger partial charge on any atom is -0.478 e. The minimum atomic E-state index is -0.894. The van der Waals surface area contributed by atoms with Gasteiger partial charge in [0.15, 0.2) is 0 Å². The molecule has 2 heterocycles. The summed E-state index contributed by atoms with van der Waals surface area (Å²) in [5.74, 6) is -0.108. The molecule has 0 spiro atoms. The van der Waals surface area contributed by atoms with Gasteiger partial charge in [-0.3, -0.25) is 4.90 Å². The lowest BCUT2D eigenvalue weighted by Gasteiger charge is -2.47. The van der Waals surface area contributed by atoms with Crippen molar-refractivity contribution in [3.63, 3.8) is 0 Å². The van der Waals surface area contributed by atoms with Gasteiger partial charge >= 0.3 is 5.97 Å². The van der Waals surface area contributed by atoms with Gasteiger partial charge in [0.1, 0.15) is 6.17 Å². The van der Waals surface area contributed by atoms with Crippen LogP contribution in [0.25, 0.3) is 0 Å². The van der Waals surface area contributed by atoms with Gasteiger partial charge in [0.05, 0.1) is 36.5 Å². The molecule has 2 atom stereocenters. The quantitative estimate of drug-likeness (QED) is 0.643. The average molecular weight is 453 g/mol. The first-order valence-corrected chi connectivity index (χ1v) is 11.4. The highest BCUT2D eigenvalue weighted by Crippen LogP contribution is 2.37. The molecule has 164 valence electrons. The molecule has 8 heteroatoms. The van der Waals surface area contributed by atoms with E-state index >= 15 is 0 Å². The van der Waals surface area contributed by atoms with Crippen LogP contribution in [0.15, 0.2) is 46.5 Å². The second-order valence-corrected chi connectivity index (χ2v) is 9.05. The molecule has 1 fully saturated rings. The fourth-order valence-corrected chi connectivity index (χ4v) is 5.09. The largest absolute Gasteiger partial charge is 0.478 e. The summed E-state index contributed by atoms with van der Waals surface area (Å²) in [7, 11) is 1.70. The smallest absolute Gasteiger partial charge is 0.338 e. The topological polar surface area (TPSA) is 62.2 Å². The maximum Gasteiger partial charge on any atom is 0.338 e. The fourth-order valence-electron chi connectivity index (χ4n) is 3.96. The van der Waals surface area contributed by atoms with E-state index in [2.05, 4.69) is 15.9 Å². The SMILES string of the molecule is CCSC1=C(C(=O)O)C(C)=CC(N2CCOC[C@@H]2COC)N1Cc1ccc(Cl)cc1. The van der Waals surface area contributed by atoms with Gasteiger partial charge in [-0.2, -0.15) is 0 Å². The van der Waals surface area contributed by atoms with E-state index in [1.807, 2.05) is 38.1 Å². The first kappa shape index (κ1) is 23.2. The van der Waals surface area contributed by atoms with Crippen molar-refractivity contribution in [2.24, 2.45) is 0 Å². The Balaban J connectivity index is 2.04. The maximum atomic E-state index is 12.1. The molecule has 1 unspecified atom stereocenters. The summed E-state index contributed by atoms with van der Waals surface area (Å²) in [5.41, 5.74) is 2.25. The maximum absolute atomic E-state index is 12.1. The molecule has 0 aromatic heterocycles. The molecule has 0 bridgehead atoms. The van der Waals surface area contributed by atoms with Crippen LogP contribution in [0.2, 0.25) is 5.02 Å². The van der Waals surface area contributed by atoms with Crippen LogP contribution in [0.5, 0.6) is 0 Å². The second-order valence-electron chi connectivity index (χ2n) is 7.36. The van der Waals surface area contributed by atoms with Crippen molar-refractivity contribution in [1.29, 1.82) is 0 Å². The van der Waals surface area contributed by atoms with E-state index in [0.717, 1.165) is 28.5 Å². The van der Waals surface area contributed by atoms with E-state index in [1.54, 1.807) is 18.9 Å². The van der Waals surface area contributed by atoms with Gasteiger partial charge in [0.2, 0.25) is 0 Å². The minimum absolute atomic E-state index is 0.0816. The third-order valence-electron chi connectivity index (χ3n) is 5.32. The summed E-state index contributed by atoms with van der Waals surface area (Å²) in [4.78, 5) is 16.7. The molecule has 30 heavy (non-hydrogen) atoms. The normalized spacial score (nSPS) is 22.9. The zero-order valence-corrected chi connectivity index (χ0v) is 19.2. The van der Waals surface area contributed by atoms with Crippen LogP contribution >= 0.6 is 23.4 Å². The predicted octanol–water partition coefficient (Wildman–Crippen LogP) is 3.82. The number of halogens is 1. The van der Waals surface area contributed by atoms with E-state index in [-0.39, 0.29) is 12.2 Å². The number of aliphatic carboxylic acids is 1. The first-order chi connectivity index (χ1) is 14.5. The number of benzene rings is 1. The molecule has 0 radical (unpaired) electrons. The van der Waals surface area contributed by atoms with Crippen molar-refractivity contribution in [2.45, 2.75) is 32.6 Å². The third-order valence-corrected chi connectivity index (χ3v) is 6.57. The Morgan fingerprint density at radius 3 is 2.73 bits per heavy atom. The summed E-state index contributed by atoms with van der Waals surface area (Å²) in [6.07, 6.45) is 1.98. The Kier molecular flexibility index (Phi) is 8.25. The molecule has 1 aromatic rings. The van der Waals surface area contributed by atoms with Crippen molar-refractivity contribution in [3.8, 4) is 0 Å². The number of hydrogen-bond acceptors (Lipinski definition) is 6. The van der Waals surface area contributed by atoms with Crippen LogP contribution in [0.1, 0.15) is 19.4 Å². The number of thioether (sulfide) groups is 1. The number of methoxy groups -OCH3 is 1. The molecule has 2 aliphatic heterocycles. The summed E-state index contributed by atoms with van der Waals surface area (Å²) in [6.45, 7) is 7.07. The molecule has 6 nitrogen and oxygen atoms in total. The molecular formula is C22H29ClN2O4S. The number of morpholine rings is 1. The van der Waals surface area contributed by atoms with Crippen LogP contribution in [-0.4, -0.2) is 72.3 Å². The van der Waals surface area contributed by atoms with E-state index in [9.17, 15) is 9.90 Å². The fraction of sp³-hybridized carbons (Fsp3) is 0.500. The predicted molar refractivity (Wildman–Crippen MR) is 121 cm³/mol. The van der Waals surface area contributed by atoms with E-state index in [4.69, 9.17) is 21.1 Å². The van der Waals surface area contributed by atoms with Crippen LogP contribution in [0.4, 0.5) is 0 Å². The Morgan fingerprint density at radius 1 is 1.37 bits per heavy atom. The van der Waals surface area contributed by atoms with E-state index in [0.29, 0.717) is 37.0 Å². The zero-order chi connectivity index (χ0) is 21.7. The molecular weight excluding hydrogens is 424 g/mol. The van der Waals surface area contributed by atoms with Crippen LogP contribution < -0.4 is 0 Å². The lowest BCUT2D eigenvalue weighted by atomic mass is 10.0. The molecule has 0 amide bonds. The lowest BCUT2D eigenvalue weighted by Crippen LogP contribution is -2.58. The lowest BCUT2D eigenvalue weighted by molar-refractivity contribution is -0.132. The van der Waals surface area contributed by atoms with Gasteiger partial charge in [-0.1, -0.05) is 30.7 Å². The van der Waals surface area contributed by atoms with Gasteiger partial charge in [0, 0.05) is 25.2 Å². The van der Waals surface area contributed by atoms with Crippen molar-refractivity contribution in [3.05, 3.63) is 57.1 Å². The van der Waals surface area contributed by atoms with Gasteiger partial charge in [-0.05, 0) is 42.0 Å². The summed E-state index contributed by atoms with van der Waals surface area (Å²) in [6, 6.07) is 7.82. The van der Waals surface area contributed by atoms with Crippen molar-refractivity contribution >= 4 is 29.3 Å². The van der Waals surface area contributed by atoms with Crippen LogP contribution in [0.3, 0.4) is 0 Å². The third kappa shape index (κ3) is 5.21. The van der Waals surface area contributed by atoms with E-state index in [1.165, 1.54) is 0 Å². The molecule has 1 N–H and O–H groups in total. The first-order valence-electron chi connectivity index (χ1n) is 10.1. The Bertz CT molecular complexity index is 810. The van der Waals surface area contributed by atoms with Gasteiger partial charge in [0.25, 0.3) is 0 Å². The summed E-state index contributed by atoms with van der Waals surface area (Å²) >= 11 is 7.64.